The summed E-state index contributed by atoms with van der Waals surface area (Å²) in [4.78, 5) is 19.1. The summed E-state index contributed by atoms with van der Waals surface area (Å²) in [6.07, 6.45) is 8.10. The highest BCUT2D eigenvalue weighted by molar-refractivity contribution is 5.97. The number of carbonyl (C=O) groups excluding carboxylic acids is 1. The van der Waals surface area contributed by atoms with Gasteiger partial charge >= 0.3 is 0 Å². The molecule has 0 aliphatic carbocycles. The molecule has 3 nitrogen and oxygen atoms in total. The second-order valence-electron chi connectivity index (χ2n) is 5.83. The average molecular weight is 244 g/mol. The van der Waals surface area contributed by atoms with Crippen LogP contribution < -0.4 is 0 Å². The van der Waals surface area contributed by atoms with Crippen molar-refractivity contribution >= 4 is 5.78 Å². The maximum absolute atomic E-state index is 12.5. The zero-order valence-corrected chi connectivity index (χ0v) is 11.1. The largest absolute Gasteiger partial charge is 0.300 e. The average Bonchev–Trinajstić information content (AvgIpc) is 2.61. The van der Waals surface area contributed by atoms with Gasteiger partial charge in [-0.25, -0.2) is 0 Å². The van der Waals surface area contributed by atoms with Gasteiger partial charge in [-0.15, -0.1) is 0 Å². The van der Waals surface area contributed by atoms with Crippen molar-refractivity contribution in [1.29, 1.82) is 0 Å². The molecule has 0 radical (unpaired) electrons. The number of rotatable bonds is 2. The summed E-state index contributed by atoms with van der Waals surface area (Å²) in [5.74, 6) is 0.512. The number of hydrogen-bond donors (Lipinski definition) is 0. The van der Waals surface area contributed by atoms with E-state index in [1.54, 1.807) is 12.4 Å². The molecule has 0 N–H and O–H groups in total. The van der Waals surface area contributed by atoms with Gasteiger partial charge in [0.2, 0.25) is 0 Å². The Kier molecular flexibility index (Phi) is 2.94. The molecule has 0 saturated carbocycles. The molecule has 0 amide bonds. The summed E-state index contributed by atoms with van der Waals surface area (Å²) in [5, 5.41) is 0. The lowest BCUT2D eigenvalue weighted by molar-refractivity contribution is 0.0766. The number of hydrogen-bond acceptors (Lipinski definition) is 3. The van der Waals surface area contributed by atoms with Gasteiger partial charge in [-0.1, -0.05) is 0 Å². The highest BCUT2D eigenvalue weighted by Crippen LogP contribution is 2.38. The number of Topliss-reactive ketones (excluding diaryl/α,β-unsaturated/α-hetero) is 1. The summed E-state index contributed by atoms with van der Waals surface area (Å²) in [6.45, 7) is 1.99. The fourth-order valence-electron chi connectivity index (χ4n) is 3.55. The molecule has 3 heteroatoms. The van der Waals surface area contributed by atoms with Crippen LogP contribution in [-0.4, -0.2) is 34.8 Å². The van der Waals surface area contributed by atoms with Gasteiger partial charge in [-0.3, -0.25) is 9.78 Å². The molecule has 2 bridgehead atoms. The topological polar surface area (TPSA) is 33.2 Å². The van der Waals surface area contributed by atoms with E-state index in [-0.39, 0.29) is 5.92 Å². The van der Waals surface area contributed by atoms with E-state index in [1.807, 2.05) is 13.0 Å². The van der Waals surface area contributed by atoms with Crippen LogP contribution in [0.15, 0.2) is 18.5 Å². The van der Waals surface area contributed by atoms with Crippen LogP contribution in [0, 0.1) is 12.8 Å². The van der Waals surface area contributed by atoms with Gasteiger partial charge in [0.1, 0.15) is 0 Å². The Morgan fingerprint density at radius 2 is 1.94 bits per heavy atom. The lowest BCUT2D eigenvalue weighted by atomic mass is 9.85. The third kappa shape index (κ3) is 1.97. The molecule has 2 unspecified atom stereocenters. The zero-order valence-electron chi connectivity index (χ0n) is 11.1. The van der Waals surface area contributed by atoms with E-state index in [0.717, 1.165) is 24.0 Å². The maximum atomic E-state index is 12.5. The van der Waals surface area contributed by atoms with Gasteiger partial charge in [0.15, 0.2) is 5.78 Å². The Morgan fingerprint density at radius 3 is 2.56 bits per heavy atom. The van der Waals surface area contributed by atoms with Crippen LogP contribution in [-0.2, 0) is 0 Å². The van der Waals surface area contributed by atoms with Crippen LogP contribution in [0.1, 0.15) is 41.6 Å². The van der Waals surface area contributed by atoms with Gasteiger partial charge in [0.25, 0.3) is 0 Å². The standard InChI is InChI=1S/C15H20N2O/c1-10-5-12(9-16-8-10)15(18)11-6-13-3-4-14(7-11)17(13)2/h5,8-9,11,13-14H,3-4,6-7H2,1-2H3. The third-order valence-corrected chi connectivity index (χ3v) is 4.63. The van der Waals surface area contributed by atoms with E-state index >= 15 is 0 Å². The van der Waals surface area contributed by atoms with Gasteiger partial charge in [0, 0.05) is 36.0 Å². The quantitative estimate of drug-likeness (QED) is 0.749. The van der Waals surface area contributed by atoms with E-state index in [0.29, 0.717) is 17.9 Å². The molecule has 1 aromatic heterocycles. The predicted molar refractivity (Wildman–Crippen MR) is 70.6 cm³/mol. The van der Waals surface area contributed by atoms with Gasteiger partial charge in [-0.2, -0.15) is 0 Å². The molecule has 2 aliphatic heterocycles. The molecule has 18 heavy (non-hydrogen) atoms. The summed E-state index contributed by atoms with van der Waals surface area (Å²) in [7, 11) is 2.21. The molecule has 0 spiro atoms. The van der Waals surface area contributed by atoms with Crippen molar-refractivity contribution in [3.05, 3.63) is 29.6 Å². The van der Waals surface area contributed by atoms with Gasteiger partial charge < -0.3 is 4.90 Å². The summed E-state index contributed by atoms with van der Waals surface area (Å²) in [6, 6.07) is 3.21. The molecule has 2 fully saturated rings. The van der Waals surface area contributed by atoms with Crippen LogP contribution in [0.3, 0.4) is 0 Å². The van der Waals surface area contributed by atoms with Crippen molar-refractivity contribution in [3.8, 4) is 0 Å². The highest BCUT2D eigenvalue weighted by Gasteiger charge is 2.40. The van der Waals surface area contributed by atoms with E-state index in [1.165, 1.54) is 12.8 Å². The number of aryl methyl sites for hydroxylation is 1. The molecule has 3 heterocycles. The Bertz CT molecular complexity index is 457. The minimum absolute atomic E-state index is 0.210. The molecule has 2 atom stereocenters. The second kappa shape index (κ2) is 4.47. The fourth-order valence-corrected chi connectivity index (χ4v) is 3.55. The maximum Gasteiger partial charge on any atom is 0.167 e. The molecule has 1 aromatic rings. The first-order valence-electron chi connectivity index (χ1n) is 6.83. The number of aromatic nitrogens is 1. The molecule has 96 valence electrons. The minimum Gasteiger partial charge on any atom is -0.300 e. The number of ketones is 1. The number of nitrogens with zero attached hydrogens (tertiary/aromatic N) is 2. The molecule has 0 aromatic carbocycles. The Morgan fingerprint density at radius 1 is 1.28 bits per heavy atom. The van der Waals surface area contributed by atoms with Crippen LogP contribution in [0.5, 0.6) is 0 Å². The van der Waals surface area contributed by atoms with Crippen molar-refractivity contribution in [2.75, 3.05) is 7.05 Å². The molecular weight excluding hydrogens is 224 g/mol. The number of fused-ring (bicyclic) bond motifs is 2. The first-order valence-corrected chi connectivity index (χ1v) is 6.83. The predicted octanol–water partition coefficient (Wildman–Crippen LogP) is 2.45. The molecule has 3 rings (SSSR count). The zero-order chi connectivity index (χ0) is 12.7. The molecule has 2 aliphatic rings. The Labute approximate surface area is 108 Å². The first kappa shape index (κ1) is 11.8. The van der Waals surface area contributed by atoms with Crippen molar-refractivity contribution in [1.82, 2.24) is 9.88 Å². The van der Waals surface area contributed by atoms with E-state index in [2.05, 4.69) is 16.9 Å². The smallest absolute Gasteiger partial charge is 0.167 e. The summed E-state index contributed by atoms with van der Waals surface area (Å²) in [5.41, 5.74) is 1.86. The van der Waals surface area contributed by atoms with Crippen LogP contribution in [0.25, 0.3) is 0 Å². The summed E-state index contributed by atoms with van der Waals surface area (Å²) >= 11 is 0. The van der Waals surface area contributed by atoms with Gasteiger partial charge in [-0.05, 0) is 51.3 Å². The SMILES string of the molecule is Cc1cncc(C(=O)C2CC3CCC(C2)N3C)c1. The van der Waals surface area contributed by atoms with Crippen molar-refractivity contribution in [2.24, 2.45) is 5.92 Å². The lowest BCUT2D eigenvalue weighted by Crippen LogP contribution is -2.42. The lowest BCUT2D eigenvalue weighted by Gasteiger charge is -2.35. The Hall–Kier alpha value is -1.22. The summed E-state index contributed by atoms with van der Waals surface area (Å²) < 4.78 is 0. The molecular formula is C15H20N2O. The second-order valence-corrected chi connectivity index (χ2v) is 5.83. The van der Waals surface area contributed by atoms with E-state index in [4.69, 9.17) is 0 Å². The number of pyridine rings is 1. The van der Waals surface area contributed by atoms with Gasteiger partial charge in [0.05, 0.1) is 0 Å². The Balaban J connectivity index is 1.78. The minimum atomic E-state index is 0.210. The first-order chi connectivity index (χ1) is 8.65. The van der Waals surface area contributed by atoms with Crippen LogP contribution in [0.4, 0.5) is 0 Å². The van der Waals surface area contributed by atoms with Crippen molar-refractivity contribution in [3.63, 3.8) is 0 Å². The van der Waals surface area contributed by atoms with Crippen LogP contribution >= 0.6 is 0 Å². The highest BCUT2D eigenvalue weighted by atomic mass is 16.1. The van der Waals surface area contributed by atoms with Crippen molar-refractivity contribution < 1.29 is 4.79 Å². The normalized spacial score (nSPS) is 31.6. The number of carbonyl (C=O) groups is 1. The monoisotopic (exact) mass is 244 g/mol. The van der Waals surface area contributed by atoms with Crippen LogP contribution in [0.2, 0.25) is 0 Å². The number of piperidine rings is 1. The van der Waals surface area contributed by atoms with E-state index < -0.39 is 0 Å². The van der Waals surface area contributed by atoms with E-state index in [9.17, 15) is 4.79 Å². The third-order valence-electron chi connectivity index (χ3n) is 4.63. The fraction of sp³-hybridized carbons (Fsp3) is 0.600. The van der Waals surface area contributed by atoms with Crippen molar-refractivity contribution in [2.45, 2.75) is 44.7 Å². The molecule has 2 saturated heterocycles.